The number of aromatic nitrogens is 2. The van der Waals surface area contributed by atoms with Gasteiger partial charge in [-0.3, -0.25) is 4.79 Å². The molecule has 1 aromatic heterocycles. The fraction of sp³-hybridized carbons (Fsp3) is 0.444. The van der Waals surface area contributed by atoms with Crippen molar-refractivity contribution in [2.24, 2.45) is 5.92 Å². The molecule has 134 valence electrons. The Kier molecular flexibility index (Phi) is 4.94. The Bertz CT molecular complexity index is 872. The topological polar surface area (TPSA) is 81.1 Å². The number of benzene rings is 1. The molecule has 0 unspecified atom stereocenters. The van der Waals surface area contributed by atoms with Crippen LogP contribution >= 0.6 is 0 Å². The molecular formula is C18H23N3O3S. The zero-order chi connectivity index (χ0) is 18.0. The molecule has 6 nitrogen and oxygen atoms in total. The average Bonchev–Trinajstić information content (AvgIpc) is 3.05. The van der Waals surface area contributed by atoms with Gasteiger partial charge in [0, 0.05) is 24.2 Å². The van der Waals surface area contributed by atoms with Gasteiger partial charge in [-0.25, -0.2) is 13.1 Å². The predicted octanol–water partition coefficient (Wildman–Crippen LogP) is 1.93. The molecule has 3 rings (SSSR count). The molecule has 1 aromatic carbocycles. The zero-order valence-corrected chi connectivity index (χ0v) is 15.3. The third-order valence-electron chi connectivity index (χ3n) is 4.71. The lowest BCUT2D eigenvalue weighted by atomic mass is 10.0. The quantitative estimate of drug-likeness (QED) is 0.882. The number of hydrogen-bond acceptors (Lipinski definition) is 4. The van der Waals surface area contributed by atoms with E-state index in [2.05, 4.69) is 10.4 Å². The van der Waals surface area contributed by atoms with E-state index in [9.17, 15) is 13.2 Å². The van der Waals surface area contributed by atoms with Crippen molar-refractivity contribution in [2.75, 3.05) is 11.5 Å². The molecule has 0 radical (unpaired) electrons. The van der Waals surface area contributed by atoms with Crippen LogP contribution in [0.1, 0.15) is 29.8 Å². The molecule has 0 saturated carbocycles. The zero-order valence-electron chi connectivity index (χ0n) is 14.5. The minimum atomic E-state index is -2.94. The van der Waals surface area contributed by atoms with Crippen LogP contribution in [0.15, 0.2) is 30.3 Å². The van der Waals surface area contributed by atoms with Crippen molar-refractivity contribution in [2.45, 2.75) is 33.2 Å². The predicted molar refractivity (Wildman–Crippen MR) is 96.3 cm³/mol. The minimum Gasteiger partial charge on any atom is -0.352 e. The summed E-state index contributed by atoms with van der Waals surface area (Å²) in [6.45, 7) is 4.32. The highest BCUT2D eigenvalue weighted by Gasteiger charge is 2.29. The first-order valence-corrected chi connectivity index (χ1v) is 10.3. The first-order chi connectivity index (χ1) is 11.9. The lowest BCUT2D eigenvalue weighted by Gasteiger charge is -2.09. The SMILES string of the molecule is Cc1nn(-c2ccccc2)c(C)c1CNC(=O)C[C@H]1CCS(=O)(=O)C1. The Hall–Kier alpha value is -2.15. The van der Waals surface area contributed by atoms with E-state index in [0.29, 0.717) is 13.0 Å². The van der Waals surface area contributed by atoms with Gasteiger partial charge in [0.2, 0.25) is 5.91 Å². The standard InChI is InChI=1S/C18H23N3O3S/c1-13-17(14(2)21(20-13)16-6-4-3-5-7-16)11-19-18(22)10-15-8-9-25(23,24)12-15/h3-7,15H,8-12H2,1-2H3,(H,19,22)/t15-/m1/s1. The number of sulfone groups is 1. The maximum absolute atomic E-state index is 12.1. The number of aryl methyl sites for hydroxylation is 1. The van der Waals surface area contributed by atoms with Crippen LogP contribution in [0.25, 0.3) is 5.69 Å². The van der Waals surface area contributed by atoms with Crippen LogP contribution in [0.2, 0.25) is 0 Å². The van der Waals surface area contributed by atoms with Crippen molar-refractivity contribution in [3.63, 3.8) is 0 Å². The van der Waals surface area contributed by atoms with Gasteiger partial charge in [0.15, 0.2) is 9.84 Å². The normalized spacial score (nSPS) is 19.0. The van der Waals surface area contributed by atoms with E-state index in [4.69, 9.17) is 0 Å². The smallest absolute Gasteiger partial charge is 0.220 e. The highest BCUT2D eigenvalue weighted by Crippen LogP contribution is 2.22. The van der Waals surface area contributed by atoms with Gasteiger partial charge in [-0.1, -0.05) is 18.2 Å². The second-order valence-corrected chi connectivity index (χ2v) is 8.88. The fourth-order valence-corrected chi connectivity index (χ4v) is 5.17. The summed E-state index contributed by atoms with van der Waals surface area (Å²) in [4.78, 5) is 12.1. The van der Waals surface area contributed by atoms with Gasteiger partial charge >= 0.3 is 0 Å². The van der Waals surface area contributed by atoms with Crippen LogP contribution < -0.4 is 5.32 Å². The van der Waals surface area contributed by atoms with Crippen LogP contribution in [0.5, 0.6) is 0 Å². The molecule has 0 aliphatic carbocycles. The number of carbonyl (C=O) groups is 1. The largest absolute Gasteiger partial charge is 0.352 e. The van der Waals surface area contributed by atoms with E-state index in [1.54, 1.807) is 0 Å². The van der Waals surface area contributed by atoms with E-state index in [1.807, 2.05) is 48.9 Å². The molecular weight excluding hydrogens is 338 g/mol. The molecule has 1 aliphatic rings. The maximum atomic E-state index is 12.1. The van der Waals surface area contributed by atoms with Gasteiger partial charge in [-0.15, -0.1) is 0 Å². The van der Waals surface area contributed by atoms with Gasteiger partial charge in [0.05, 0.1) is 22.9 Å². The third kappa shape index (κ3) is 4.10. The molecule has 1 atom stereocenters. The highest BCUT2D eigenvalue weighted by atomic mass is 32.2. The monoisotopic (exact) mass is 361 g/mol. The van der Waals surface area contributed by atoms with E-state index in [1.165, 1.54) is 0 Å². The number of para-hydroxylation sites is 1. The molecule has 1 fully saturated rings. The van der Waals surface area contributed by atoms with Crippen LogP contribution in [-0.4, -0.2) is 35.6 Å². The highest BCUT2D eigenvalue weighted by molar-refractivity contribution is 7.91. The van der Waals surface area contributed by atoms with Crippen LogP contribution in [0, 0.1) is 19.8 Å². The van der Waals surface area contributed by atoms with Crippen LogP contribution in [0.3, 0.4) is 0 Å². The summed E-state index contributed by atoms with van der Waals surface area (Å²) < 4.78 is 24.8. The second-order valence-electron chi connectivity index (χ2n) is 6.65. The van der Waals surface area contributed by atoms with E-state index >= 15 is 0 Å². The number of carbonyl (C=O) groups excluding carboxylic acids is 1. The number of hydrogen-bond donors (Lipinski definition) is 1. The molecule has 0 bridgehead atoms. The Balaban J connectivity index is 1.64. The Labute approximate surface area is 148 Å². The molecule has 1 saturated heterocycles. The lowest BCUT2D eigenvalue weighted by molar-refractivity contribution is -0.122. The summed E-state index contributed by atoms with van der Waals surface area (Å²) in [5.74, 6) is 0.171. The number of nitrogens with zero attached hydrogens (tertiary/aromatic N) is 2. The fourth-order valence-electron chi connectivity index (χ4n) is 3.31. The molecule has 2 heterocycles. The summed E-state index contributed by atoms with van der Waals surface area (Å²) in [5.41, 5.74) is 3.85. The van der Waals surface area contributed by atoms with Crippen LogP contribution in [-0.2, 0) is 21.2 Å². The van der Waals surface area contributed by atoms with E-state index < -0.39 is 9.84 Å². The minimum absolute atomic E-state index is 0.0563. The van der Waals surface area contributed by atoms with Crippen molar-refractivity contribution in [3.8, 4) is 5.69 Å². The summed E-state index contributed by atoms with van der Waals surface area (Å²) >= 11 is 0. The average molecular weight is 361 g/mol. The first kappa shape index (κ1) is 17.7. The summed E-state index contributed by atoms with van der Waals surface area (Å²) in [6.07, 6.45) is 0.851. The number of rotatable bonds is 5. The molecule has 25 heavy (non-hydrogen) atoms. The van der Waals surface area contributed by atoms with Gasteiger partial charge in [0.25, 0.3) is 0 Å². The lowest BCUT2D eigenvalue weighted by Crippen LogP contribution is -2.26. The first-order valence-electron chi connectivity index (χ1n) is 8.43. The summed E-state index contributed by atoms with van der Waals surface area (Å²) in [6, 6.07) is 9.86. The summed E-state index contributed by atoms with van der Waals surface area (Å²) in [7, 11) is -2.94. The molecule has 1 N–H and O–H groups in total. The van der Waals surface area contributed by atoms with Gasteiger partial charge in [-0.05, 0) is 38.3 Å². The van der Waals surface area contributed by atoms with E-state index in [0.717, 1.165) is 22.6 Å². The molecule has 1 amide bonds. The number of amides is 1. The van der Waals surface area contributed by atoms with Gasteiger partial charge in [0.1, 0.15) is 0 Å². The van der Waals surface area contributed by atoms with Crippen molar-refractivity contribution in [3.05, 3.63) is 47.3 Å². The maximum Gasteiger partial charge on any atom is 0.220 e. The van der Waals surface area contributed by atoms with Crippen molar-refractivity contribution in [1.82, 2.24) is 15.1 Å². The van der Waals surface area contributed by atoms with Gasteiger partial charge < -0.3 is 5.32 Å². The molecule has 1 aliphatic heterocycles. The number of nitrogens with one attached hydrogen (secondary N) is 1. The van der Waals surface area contributed by atoms with Crippen molar-refractivity contribution >= 4 is 15.7 Å². The Morgan fingerprint density at radius 2 is 2.00 bits per heavy atom. The molecule has 7 heteroatoms. The van der Waals surface area contributed by atoms with Crippen molar-refractivity contribution < 1.29 is 13.2 Å². The van der Waals surface area contributed by atoms with E-state index in [-0.39, 0.29) is 29.8 Å². The Morgan fingerprint density at radius 1 is 1.28 bits per heavy atom. The molecule has 0 spiro atoms. The van der Waals surface area contributed by atoms with Crippen LogP contribution in [0.4, 0.5) is 0 Å². The second kappa shape index (κ2) is 7.00. The van der Waals surface area contributed by atoms with Gasteiger partial charge in [-0.2, -0.15) is 5.10 Å². The summed E-state index contributed by atoms with van der Waals surface area (Å²) in [5, 5.41) is 7.48. The van der Waals surface area contributed by atoms with Crippen molar-refractivity contribution in [1.29, 1.82) is 0 Å². The molecule has 2 aromatic rings. The third-order valence-corrected chi connectivity index (χ3v) is 6.54. The Morgan fingerprint density at radius 3 is 2.64 bits per heavy atom.